The zero-order valence-electron chi connectivity index (χ0n) is 10.2. The first-order chi connectivity index (χ1) is 8.31. The Labute approximate surface area is 117 Å². The fraction of sp³-hybridized carbons (Fsp3) is 0.385. The van der Waals surface area contributed by atoms with Gasteiger partial charge >= 0.3 is 117 Å². The molecule has 0 aliphatic rings. The van der Waals surface area contributed by atoms with Gasteiger partial charge in [-0.3, -0.25) is 0 Å². The zero-order chi connectivity index (χ0) is 12.1. The van der Waals surface area contributed by atoms with Gasteiger partial charge in [-0.25, -0.2) is 0 Å². The van der Waals surface area contributed by atoms with E-state index in [4.69, 9.17) is 0 Å². The van der Waals surface area contributed by atoms with Crippen molar-refractivity contribution in [2.24, 2.45) is 0 Å². The number of hydrogen-bond donors (Lipinski definition) is 0. The first-order valence-corrected chi connectivity index (χ1v) is 10.2. The SMILES string of the molecule is CCC[CH2][Sn][c]1sc(-c2cccnc2)nc1C. The van der Waals surface area contributed by atoms with Crippen molar-refractivity contribution in [1.82, 2.24) is 9.97 Å². The fourth-order valence-electron chi connectivity index (χ4n) is 1.55. The molecule has 4 heteroatoms. The Morgan fingerprint density at radius 2 is 2.29 bits per heavy atom. The van der Waals surface area contributed by atoms with Gasteiger partial charge in [0.25, 0.3) is 0 Å². The summed E-state index contributed by atoms with van der Waals surface area (Å²) >= 11 is 1.50. The van der Waals surface area contributed by atoms with Crippen LogP contribution in [0.25, 0.3) is 10.6 Å². The summed E-state index contributed by atoms with van der Waals surface area (Å²) < 4.78 is 3.04. The number of unbranched alkanes of at least 4 members (excludes halogenated alkanes) is 1. The molecule has 2 aromatic heterocycles. The molecule has 2 aromatic rings. The Morgan fingerprint density at radius 1 is 1.41 bits per heavy atom. The van der Waals surface area contributed by atoms with Crippen molar-refractivity contribution in [2.45, 2.75) is 31.1 Å². The van der Waals surface area contributed by atoms with E-state index in [-0.39, 0.29) is 21.1 Å². The van der Waals surface area contributed by atoms with Crippen LogP contribution in [-0.2, 0) is 0 Å². The van der Waals surface area contributed by atoms with Crippen molar-refractivity contribution in [3.8, 4) is 10.6 Å². The van der Waals surface area contributed by atoms with Gasteiger partial charge in [-0.15, -0.1) is 0 Å². The van der Waals surface area contributed by atoms with E-state index < -0.39 is 0 Å². The van der Waals surface area contributed by atoms with Crippen LogP contribution in [0.3, 0.4) is 0 Å². The molecule has 0 saturated carbocycles. The van der Waals surface area contributed by atoms with Gasteiger partial charge in [0, 0.05) is 0 Å². The van der Waals surface area contributed by atoms with E-state index in [1.165, 1.54) is 23.0 Å². The molecule has 0 N–H and O–H groups in total. The average Bonchev–Trinajstić information content (AvgIpc) is 2.73. The van der Waals surface area contributed by atoms with Crippen LogP contribution in [-0.4, -0.2) is 31.1 Å². The van der Waals surface area contributed by atoms with Crippen LogP contribution in [0.1, 0.15) is 25.5 Å². The summed E-state index contributed by atoms with van der Waals surface area (Å²) in [5.41, 5.74) is 2.42. The van der Waals surface area contributed by atoms with Crippen molar-refractivity contribution in [3.63, 3.8) is 0 Å². The molecule has 0 fully saturated rings. The van der Waals surface area contributed by atoms with E-state index in [1.807, 2.05) is 29.8 Å². The summed E-state index contributed by atoms with van der Waals surface area (Å²) in [6.07, 6.45) is 6.40. The van der Waals surface area contributed by atoms with Crippen LogP contribution in [0.4, 0.5) is 0 Å². The molecular formula is C13H16N2SSn. The Balaban J connectivity index is 2.13. The van der Waals surface area contributed by atoms with Gasteiger partial charge in [0.05, 0.1) is 0 Å². The van der Waals surface area contributed by atoms with Crippen LogP contribution in [0.5, 0.6) is 0 Å². The van der Waals surface area contributed by atoms with Crippen molar-refractivity contribution >= 4 is 35.4 Å². The molecule has 0 spiro atoms. The Hall–Kier alpha value is -0.421. The summed E-state index contributed by atoms with van der Waals surface area (Å²) in [6.45, 7) is 4.42. The standard InChI is InChI=1S/C9H7N2S.C4H9.Sn/c1-7-6-12-9(11-7)8-3-2-4-10-5-8;1-3-4-2;/h2-5H,1H3;1,3-4H2,2H3;. The van der Waals surface area contributed by atoms with Crippen LogP contribution in [0, 0.1) is 6.92 Å². The van der Waals surface area contributed by atoms with E-state index in [9.17, 15) is 0 Å². The summed E-state index contributed by atoms with van der Waals surface area (Å²) in [5, 5.41) is 1.14. The topological polar surface area (TPSA) is 25.8 Å². The third-order valence-electron chi connectivity index (χ3n) is 2.52. The molecule has 0 unspecified atom stereocenters. The monoisotopic (exact) mass is 352 g/mol. The van der Waals surface area contributed by atoms with Crippen LogP contribution in [0.15, 0.2) is 24.5 Å². The van der Waals surface area contributed by atoms with E-state index >= 15 is 0 Å². The van der Waals surface area contributed by atoms with E-state index in [2.05, 4.69) is 29.9 Å². The molecule has 17 heavy (non-hydrogen) atoms. The average molecular weight is 351 g/mol. The summed E-state index contributed by atoms with van der Waals surface area (Å²) in [4.78, 5) is 8.84. The second-order valence-electron chi connectivity index (χ2n) is 3.96. The Morgan fingerprint density at radius 3 is 3.00 bits per heavy atom. The molecular weight excluding hydrogens is 335 g/mol. The second kappa shape index (κ2) is 6.49. The van der Waals surface area contributed by atoms with Crippen molar-refractivity contribution in [1.29, 1.82) is 0 Å². The number of hydrogen-bond acceptors (Lipinski definition) is 3. The van der Waals surface area contributed by atoms with Gasteiger partial charge in [0.1, 0.15) is 0 Å². The fourth-order valence-corrected chi connectivity index (χ4v) is 7.61. The third-order valence-corrected chi connectivity index (χ3v) is 9.05. The maximum atomic E-state index is 4.68. The number of thiazole rings is 1. The normalized spacial score (nSPS) is 10.7. The molecule has 88 valence electrons. The summed E-state index contributed by atoms with van der Waals surface area (Å²) in [6, 6.07) is 4.06. The second-order valence-corrected chi connectivity index (χ2v) is 9.85. The Bertz CT molecular complexity index is 468. The van der Waals surface area contributed by atoms with Gasteiger partial charge in [-0.2, -0.15) is 0 Å². The van der Waals surface area contributed by atoms with Gasteiger partial charge < -0.3 is 0 Å². The molecule has 2 radical (unpaired) electrons. The zero-order valence-corrected chi connectivity index (χ0v) is 13.9. The van der Waals surface area contributed by atoms with Crippen molar-refractivity contribution in [3.05, 3.63) is 30.2 Å². The quantitative estimate of drug-likeness (QED) is 0.611. The first kappa shape index (κ1) is 13.0. The van der Waals surface area contributed by atoms with E-state index in [1.54, 1.807) is 2.89 Å². The Kier molecular flexibility index (Phi) is 4.97. The molecule has 0 amide bonds. The number of nitrogens with zero attached hydrogens (tertiary/aromatic N) is 2. The third kappa shape index (κ3) is 3.52. The minimum atomic E-state index is -0.383. The summed E-state index contributed by atoms with van der Waals surface area (Å²) in [5.74, 6) is 0. The number of rotatable bonds is 5. The molecule has 0 aromatic carbocycles. The first-order valence-electron chi connectivity index (χ1n) is 5.93. The van der Waals surface area contributed by atoms with E-state index in [0.29, 0.717) is 0 Å². The predicted molar refractivity (Wildman–Crippen MR) is 75.2 cm³/mol. The van der Waals surface area contributed by atoms with E-state index in [0.717, 1.165) is 10.6 Å². The molecule has 0 saturated heterocycles. The van der Waals surface area contributed by atoms with Gasteiger partial charge in [-0.05, 0) is 0 Å². The van der Waals surface area contributed by atoms with Crippen LogP contribution < -0.4 is 2.89 Å². The molecule has 0 aliphatic heterocycles. The van der Waals surface area contributed by atoms with Crippen molar-refractivity contribution in [2.75, 3.05) is 0 Å². The van der Waals surface area contributed by atoms with Gasteiger partial charge in [0.15, 0.2) is 0 Å². The van der Waals surface area contributed by atoms with Crippen molar-refractivity contribution < 1.29 is 0 Å². The molecule has 2 rings (SSSR count). The van der Waals surface area contributed by atoms with Gasteiger partial charge in [0.2, 0.25) is 0 Å². The predicted octanol–water partition coefficient (Wildman–Crippen LogP) is 3.06. The molecule has 2 heterocycles. The summed E-state index contributed by atoms with van der Waals surface area (Å²) in [7, 11) is 0. The maximum absolute atomic E-state index is 4.68. The molecule has 2 nitrogen and oxygen atoms in total. The minimum absolute atomic E-state index is 0.383. The van der Waals surface area contributed by atoms with Gasteiger partial charge in [-0.1, -0.05) is 0 Å². The van der Waals surface area contributed by atoms with Crippen LogP contribution in [0.2, 0.25) is 4.44 Å². The molecule has 0 aliphatic carbocycles. The number of pyridine rings is 1. The number of aromatic nitrogens is 2. The molecule has 0 bridgehead atoms. The number of aryl methyl sites for hydroxylation is 1. The van der Waals surface area contributed by atoms with Crippen LogP contribution >= 0.6 is 11.3 Å². The molecule has 0 atom stereocenters.